The van der Waals surface area contributed by atoms with Gasteiger partial charge in [0.1, 0.15) is 18.4 Å². The maximum Gasteiger partial charge on any atom is 0.262 e. The number of rotatable bonds is 7. The molecule has 0 aliphatic carbocycles. The zero-order valence-corrected chi connectivity index (χ0v) is 15.0. The molecule has 1 heterocycles. The summed E-state index contributed by atoms with van der Waals surface area (Å²) in [6.07, 6.45) is 3.15. The Bertz CT molecular complexity index is 658. The van der Waals surface area contributed by atoms with Gasteiger partial charge in [-0.3, -0.25) is 19.7 Å². The predicted molar refractivity (Wildman–Crippen MR) is 96.9 cm³/mol. The maximum absolute atomic E-state index is 12.3. The second-order valence-corrected chi connectivity index (χ2v) is 6.04. The molecule has 1 atom stereocenters. The van der Waals surface area contributed by atoms with Crippen molar-refractivity contribution in [3.05, 3.63) is 29.8 Å². The smallest absolute Gasteiger partial charge is 0.262 e. The average molecular weight is 359 g/mol. The van der Waals surface area contributed by atoms with Gasteiger partial charge in [0, 0.05) is 12.1 Å². The molecule has 2 amide bonds. The minimum absolute atomic E-state index is 0.134. The summed E-state index contributed by atoms with van der Waals surface area (Å²) < 4.78 is 5.41. The van der Waals surface area contributed by atoms with E-state index in [1.165, 1.54) is 0 Å². The lowest BCUT2D eigenvalue weighted by atomic mass is 10.1. The number of benzene rings is 1. The first-order valence-electron chi connectivity index (χ1n) is 8.74. The number of hydroxylamine groups is 1. The fourth-order valence-corrected chi connectivity index (χ4v) is 2.88. The number of hydrogen-bond acceptors (Lipinski definition) is 5. The molecule has 0 spiro atoms. The highest BCUT2D eigenvalue weighted by atomic mass is 16.5. The molecule has 3 N–H and O–H groups in total. The number of nitrogens with zero attached hydrogens (tertiary/aromatic N) is 1. The summed E-state index contributed by atoms with van der Waals surface area (Å²) in [7, 11) is 0. The first kappa shape index (κ1) is 19.8. The van der Waals surface area contributed by atoms with Gasteiger partial charge in [-0.15, -0.1) is 5.92 Å². The van der Waals surface area contributed by atoms with Gasteiger partial charge in [-0.05, 0) is 57.1 Å². The molecule has 0 saturated carbocycles. The molecule has 1 aliphatic heterocycles. The molecule has 0 radical (unpaired) electrons. The van der Waals surface area contributed by atoms with E-state index in [4.69, 9.17) is 9.94 Å². The Morgan fingerprint density at radius 1 is 1.23 bits per heavy atom. The van der Waals surface area contributed by atoms with Crippen molar-refractivity contribution in [3.8, 4) is 17.6 Å². The second kappa shape index (κ2) is 10.4. The zero-order chi connectivity index (χ0) is 18.8. The van der Waals surface area contributed by atoms with Crippen molar-refractivity contribution in [2.24, 2.45) is 0 Å². The molecule has 1 aromatic carbocycles. The van der Waals surface area contributed by atoms with Crippen LogP contribution in [0, 0.1) is 11.8 Å². The van der Waals surface area contributed by atoms with Crippen LogP contribution in [-0.4, -0.2) is 54.2 Å². The van der Waals surface area contributed by atoms with Crippen LogP contribution in [0.1, 0.15) is 36.5 Å². The van der Waals surface area contributed by atoms with E-state index in [2.05, 4.69) is 17.2 Å². The number of amides is 2. The Morgan fingerprint density at radius 2 is 1.92 bits per heavy atom. The average Bonchev–Trinajstić information content (AvgIpc) is 2.69. The van der Waals surface area contributed by atoms with E-state index in [1.54, 1.807) is 36.7 Å². The summed E-state index contributed by atoms with van der Waals surface area (Å²) in [6, 6.07) is 6.14. The second-order valence-electron chi connectivity index (χ2n) is 6.04. The van der Waals surface area contributed by atoms with Gasteiger partial charge < -0.3 is 10.1 Å². The summed E-state index contributed by atoms with van der Waals surface area (Å²) in [5.41, 5.74) is 2.17. The summed E-state index contributed by atoms with van der Waals surface area (Å²) in [5.74, 6) is 5.39. The van der Waals surface area contributed by atoms with E-state index < -0.39 is 11.9 Å². The first-order valence-corrected chi connectivity index (χ1v) is 8.74. The van der Waals surface area contributed by atoms with Crippen LogP contribution in [0.2, 0.25) is 0 Å². The normalized spacial score (nSPS) is 15.3. The molecule has 1 fully saturated rings. The van der Waals surface area contributed by atoms with E-state index in [1.807, 2.05) is 4.90 Å². The third-order valence-electron chi connectivity index (χ3n) is 4.30. The van der Waals surface area contributed by atoms with E-state index in [0.29, 0.717) is 17.9 Å². The quantitative estimate of drug-likeness (QED) is 0.386. The highest BCUT2D eigenvalue weighted by molar-refractivity contribution is 5.94. The molecule has 1 aromatic rings. The number of hydrogen-bond donors (Lipinski definition) is 3. The third kappa shape index (κ3) is 5.76. The van der Waals surface area contributed by atoms with Crippen LogP contribution in [0.3, 0.4) is 0 Å². The molecule has 140 valence electrons. The first-order chi connectivity index (χ1) is 12.7. The highest BCUT2D eigenvalue weighted by Crippen LogP contribution is 2.14. The Hall–Kier alpha value is -2.56. The van der Waals surface area contributed by atoms with E-state index in [9.17, 15) is 9.59 Å². The number of ether oxygens (including phenoxy) is 1. The van der Waals surface area contributed by atoms with Crippen LogP contribution in [0.4, 0.5) is 0 Å². The predicted octanol–water partition coefficient (Wildman–Crippen LogP) is 1.18. The minimum atomic E-state index is -0.584. The standard InChI is InChI=1S/C19H25N3O4/c1-2-3-13-26-16-9-7-15(8-10-16)18(23)20-14-17(19(24)21-25)22-11-5-4-6-12-22/h7-10,17,25H,4-6,11-14H2,1H3,(H,20,23)(H,21,24). The summed E-state index contributed by atoms with van der Waals surface area (Å²) in [6.45, 7) is 3.73. The lowest BCUT2D eigenvalue weighted by Gasteiger charge is -2.33. The molecular formula is C19H25N3O4. The Kier molecular flexibility index (Phi) is 7.93. The van der Waals surface area contributed by atoms with Gasteiger partial charge in [-0.1, -0.05) is 12.3 Å². The SMILES string of the molecule is CC#CCOc1ccc(C(=O)NCC(C(=O)NO)N2CCCCC2)cc1. The van der Waals surface area contributed by atoms with Crippen LogP contribution in [0.25, 0.3) is 0 Å². The number of likely N-dealkylation sites (tertiary alicyclic amines) is 1. The largest absolute Gasteiger partial charge is 0.481 e. The maximum atomic E-state index is 12.3. The van der Waals surface area contributed by atoms with Gasteiger partial charge in [-0.25, -0.2) is 5.48 Å². The molecule has 0 bridgehead atoms. The summed E-state index contributed by atoms with van der Waals surface area (Å²) in [5, 5.41) is 11.7. The van der Waals surface area contributed by atoms with Crippen LogP contribution in [0.5, 0.6) is 5.75 Å². The van der Waals surface area contributed by atoms with Crippen molar-refractivity contribution >= 4 is 11.8 Å². The molecule has 2 rings (SSSR count). The number of piperidine rings is 1. The number of carbonyl (C=O) groups excluding carboxylic acids is 2. The van der Waals surface area contributed by atoms with Crippen molar-refractivity contribution in [2.75, 3.05) is 26.2 Å². The molecule has 26 heavy (non-hydrogen) atoms. The van der Waals surface area contributed by atoms with Gasteiger partial charge >= 0.3 is 0 Å². The van der Waals surface area contributed by atoms with Gasteiger partial charge in [0.25, 0.3) is 11.8 Å². The van der Waals surface area contributed by atoms with Gasteiger partial charge in [0.2, 0.25) is 0 Å². The van der Waals surface area contributed by atoms with E-state index in [-0.39, 0.29) is 12.5 Å². The highest BCUT2D eigenvalue weighted by Gasteiger charge is 2.27. The number of carbonyl (C=O) groups is 2. The minimum Gasteiger partial charge on any atom is -0.481 e. The van der Waals surface area contributed by atoms with E-state index in [0.717, 1.165) is 32.4 Å². The molecular weight excluding hydrogens is 334 g/mol. The molecule has 1 unspecified atom stereocenters. The monoisotopic (exact) mass is 359 g/mol. The van der Waals surface area contributed by atoms with Crippen LogP contribution in [0.15, 0.2) is 24.3 Å². The lowest BCUT2D eigenvalue weighted by molar-refractivity contribution is -0.135. The van der Waals surface area contributed by atoms with Crippen LogP contribution < -0.4 is 15.5 Å². The van der Waals surface area contributed by atoms with Gasteiger partial charge in [0.05, 0.1) is 0 Å². The Balaban J connectivity index is 1.91. The van der Waals surface area contributed by atoms with Gasteiger partial charge in [-0.2, -0.15) is 0 Å². The van der Waals surface area contributed by atoms with Crippen molar-refractivity contribution in [1.82, 2.24) is 15.7 Å². The fourth-order valence-electron chi connectivity index (χ4n) is 2.88. The van der Waals surface area contributed by atoms with Crippen molar-refractivity contribution in [3.63, 3.8) is 0 Å². The Morgan fingerprint density at radius 3 is 2.54 bits per heavy atom. The van der Waals surface area contributed by atoms with Crippen molar-refractivity contribution in [1.29, 1.82) is 0 Å². The van der Waals surface area contributed by atoms with Crippen molar-refractivity contribution < 1.29 is 19.5 Å². The fraction of sp³-hybridized carbons (Fsp3) is 0.474. The molecule has 1 saturated heterocycles. The molecule has 1 aliphatic rings. The molecule has 7 heteroatoms. The van der Waals surface area contributed by atoms with E-state index >= 15 is 0 Å². The van der Waals surface area contributed by atoms with Gasteiger partial charge in [0.15, 0.2) is 0 Å². The van der Waals surface area contributed by atoms with Crippen molar-refractivity contribution in [2.45, 2.75) is 32.2 Å². The lowest BCUT2D eigenvalue weighted by Crippen LogP contribution is -2.53. The zero-order valence-electron chi connectivity index (χ0n) is 15.0. The summed E-state index contributed by atoms with van der Waals surface area (Å²) in [4.78, 5) is 26.3. The van der Waals surface area contributed by atoms with Crippen LogP contribution >= 0.6 is 0 Å². The molecule has 0 aromatic heterocycles. The summed E-state index contributed by atoms with van der Waals surface area (Å²) >= 11 is 0. The molecule has 7 nitrogen and oxygen atoms in total. The van der Waals surface area contributed by atoms with Crippen LogP contribution in [-0.2, 0) is 4.79 Å². The third-order valence-corrected chi connectivity index (χ3v) is 4.30. The topological polar surface area (TPSA) is 90.9 Å². The Labute approximate surface area is 153 Å². The number of nitrogens with one attached hydrogen (secondary N) is 2.